The van der Waals surface area contributed by atoms with Crippen LogP contribution in [0.1, 0.15) is 49.8 Å². The molecule has 0 aliphatic carbocycles. The summed E-state index contributed by atoms with van der Waals surface area (Å²) in [5.74, 6) is 1.48. The molecule has 1 amide bonds. The van der Waals surface area contributed by atoms with E-state index >= 15 is 0 Å². The van der Waals surface area contributed by atoms with Crippen LogP contribution < -0.4 is 16.0 Å². The number of carbonyl (C=O) groups excluding carboxylic acids is 1. The van der Waals surface area contributed by atoms with Crippen molar-refractivity contribution in [3.05, 3.63) is 66.4 Å². The number of benzene rings is 1. The zero-order valence-corrected chi connectivity index (χ0v) is 17.8. The molecule has 162 valence electrons. The van der Waals surface area contributed by atoms with Gasteiger partial charge in [-0.25, -0.2) is 9.97 Å². The highest BCUT2D eigenvalue weighted by Crippen LogP contribution is 2.26. The predicted octanol–water partition coefficient (Wildman–Crippen LogP) is 2.75. The van der Waals surface area contributed by atoms with Gasteiger partial charge in [-0.3, -0.25) is 9.36 Å². The summed E-state index contributed by atoms with van der Waals surface area (Å²) in [6, 6.07) is 10.0. The molecule has 8 heteroatoms. The molecule has 1 fully saturated rings. The molecular weight excluding hydrogens is 390 g/mol. The van der Waals surface area contributed by atoms with Crippen LogP contribution in [0.5, 0.6) is 0 Å². The van der Waals surface area contributed by atoms with Gasteiger partial charge in [0.25, 0.3) is 0 Å². The minimum absolute atomic E-state index is 0.0520. The number of nitrogens with zero attached hydrogens (tertiary/aromatic N) is 5. The van der Waals surface area contributed by atoms with Crippen LogP contribution in [-0.4, -0.2) is 38.0 Å². The lowest BCUT2D eigenvalue weighted by atomic mass is 9.98. The van der Waals surface area contributed by atoms with E-state index in [4.69, 9.17) is 10.7 Å². The first-order chi connectivity index (χ1) is 15.1. The van der Waals surface area contributed by atoms with E-state index < -0.39 is 0 Å². The third-order valence-electron chi connectivity index (χ3n) is 5.80. The standard InChI is InChI=1S/C23H29N7O/c1-17(19-7-5-18(15-24)6-8-19)27-22(31)14-20-4-2-3-12-30(20)21-9-10-26-23(28-21)29-13-11-25-16-29/h5-11,13,16-17,20H,2-4,12,14-15,24H2,1H3,(H,27,31). The number of aromatic nitrogens is 4. The van der Waals surface area contributed by atoms with Crippen molar-refractivity contribution in [2.45, 2.75) is 51.2 Å². The van der Waals surface area contributed by atoms with Crippen LogP contribution in [0.15, 0.2) is 55.2 Å². The highest BCUT2D eigenvalue weighted by atomic mass is 16.1. The van der Waals surface area contributed by atoms with Gasteiger partial charge in [0.2, 0.25) is 11.9 Å². The quantitative estimate of drug-likeness (QED) is 0.611. The van der Waals surface area contributed by atoms with Gasteiger partial charge in [-0.05, 0) is 43.4 Å². The second-order valence-corrected chi connectivity index (χ2v) is 7.97. The Morgan fingerprint density at radius 1 is 1.23 bits per heavy atom. The Hall–Kier alpha value is -3.26. The fraction of sp³-hybridized carbons (Fsp3) is 0.391. The third kappa shape index (κ3) is 5.08. The Kier molecular flexibility index (Phi) is 6.57. The number of piperidine rings is 1. The molecule has 2 aromatic heterocycles. The average Bonchev–Trinajstić information content (AvgIpc) is 3.34. The molecule has 1 aliphatic rings. The molecule has 3 N–H and O–H groups in total. The van der Waals surface area contributed by atoms with Gasteiger partial charge >= 0.3 is 0 Å². The third-order valence-corrected chi connectivity index (χ3v) is 5.80. The van der Waals surface area contributed by atoms with E-state index in [1.807, 2.05) is 43.5 Å². The van der Waals surface area contributed by atoms with Gasteiger partial charge in [-0.15, -0.1) is 0 Å². The van der Waals surface area contributed by atoms with Crippen molar-refractivity contribution >= 4 is 11.7 Å². The highest BCUT2D eigenvalue weighted by Gasteiger charge is 2.26. The molecular formula is C23H29N7O. The summed E-state index contributed by atoms with van der Waals surface area (Å²) in [6.07, 6.45) is 10.6. The number of anilines is 1. The average molecular weight is 420 g/mol. The fourth-order valence-corrected chi connectivity index (χ4v) is 4.06. The van der Waals surface area contributed by atoms with Crippen molar-refractivity contribution < 1.29 is 4.79 Å². The lowest BCUT2D eigenvalue weighted by Crippen LogP contribution is -2.43. The minimum Gasteiger partial charge on any atom is -0.353 e. The maximum absolute atomic E-state index is 12.8. The van der Waals surface area contributed by atoms with Gasteiger partial charge < -0.3 is 16.0 Å². The second kappa shape index (κ2) is 9.70. The van der Waals surface area contributed by atoms with Gasteiger partial charge in [0.15, 0.2) is 0 Å². The van der Waals surface area contributed by atoms with Crippen LogP contribution >= 0.6 is 0 Å². The Morgan fingerprint density at radius 3 is 2.81 bits per heavy atom. The number of nitrogens with one attached hydrogen (secondary N) is 1. The Labute approximate surface area is 182 Å². The highest BCUT2D eigenvalue weighted by molar-refractivity contribution is 5.77. The lowest BCUT2D eigenvalue weighted by Gasteiger charge is -2.36. The number of amides is 1. The summed E-state index contributed by atoms with van der Waals surface area (Å²) >= 11 is 0. The summed E-state index contributed by atoms with van der Waals surface area (Å²) in [4.78, 5) is 28.2. The van der Waals surface area contributed by atoms with Crippen molar-refractivity contribution in [2.24, 2.45) is 5.73 Å². The second-order valence-electron chi connectivity index (χ2n) is 7.97. The Morgan fingerprint density at radius 2 is 2.06 bits per heavy atom. The maximum Gasteiger partial charge on any atom is 0.236 e. The van der Waals surface area contributed by atoms with Crippen molar-refractivity contribution in [3.8, 4) is 5.95 Å². The molecule has 3 heterocycles. The first kappa shape index (κ1) is 21.0. The Balaban J connectivity index is 1.43. The van der Waals surface area contributed by atoms with E-state index in [1.54, 1.807) is 23.3 Å². The number of carbonyl (C=O) groups is 1. The van der Waals surface area contributed by atoms with Gasteiger partial charge in [-0.1, -0.05) is 24.3 Å². The van der Waals surface area contributed by atoms with Crippen LogP contribution in [-0.2, 0) is 11.3 Å². The van der Waals surface area contributed by atoms with Gasteiger partial charge in [0.05, 0.1) is 6.04 Å². The largest absolute Gasteiger partial charge is 0.353 e. The van der Waals surface area contributed by atoms with Crippen molar-refractivity contribution in [3.63, 3.8) is 0 Å². The number of nitrogens with two attached hydrogens (primary N) is 1. The maximum atomic E-state index is 12.8. The molecule has 0 bridgehead atoms. The van der Waals surface area contributed by atoms with Gasteiger partial charge in [0.1, 0.15) is 12.1 Å². The molecule has 2 unspecified atom stereocenters. The van der Waals surface area contributed by atoms with E-state index in [-0.39, 0.29) is 18.0 Å². The van der Waals surface area contributed by atoms with Crippen molar-refractivity contribution in [1.82, 2.24) is 24.8 Å². The molecule has 1 aliphatic heterocycles. The van der Waals surface area contributed by atoms with E-state index in [0.29, 0.717) is 18.9 Å². The molecule has 0 spiro atoms. The molecule has 1 saturated heterocycles. The summed E-state index contributed by atoms with van der Waals surface area (Å²) in [7, 11) is 0. The van der Waals surface area contributed by atoms with Crippen molar-refractivity contribution in [1.29, 1.82) is 0 Å². The summed E-state index contributed by atoms with van der Waals surface area (Å²) in [5.41, 5.74) is 7.83. The molecule has 0 saturated carbocycles. The van der Waals surface area contributed by atoms with E-state index in [9.17, 15) is 4.79 Å². The normalized spacial score (nSPS) is 17.4. The number of rotatable bonds is 7. The summed E-state index contributed by atoms with van der Waals surface area (Å²) < 4.78 is 1.78. The van der Waals surface area contributed by atoms with E-state index in [1.165, 1.54) is 0 Å². The fourth-order valence-electron chi connectivity index (χ4n) is 4.06. The number of imidazole rings is 1. The molecule has 4 rings (SSSR count). The number of hydrogen-bond acceptors (Lipinski definition) is 6. The van der Waals surface area contributed by atoms with E-state index in [2.05, 4.69) is 20.2 Å². The van der Waals surface area contributed by atoms with Crippen LogP contribution in [0.3, 0.4) is 0 Å². The zero-order chi connectivity index (χ0) is 21.6. The predicted molar refractivity (Wildman–Crippen MR) is 120 cm³/mol. The monoisotopic (exact) mass is 419 g/mol. The molecule has 0 radical (unpaired) electrons. The van der Waals surface area contributed by atoms with Crippen LogP contribution in [0, 0.1) is 0 Å². The van der Waals surface area contributed by atoms with Gasteiger partial charge in [-0.2, -0.15) is 4.98 Å². The Bertz CT molecular complexity index is 987. The SMILES string of the molecule is CC(NC(=O)CC1CCCCN1c1ccnc(-n2ccnc2)n1)c1ccc(CN)cc1. The zero-order valence-electron chi connectivity index (χ0n) is 17.8. The van der Waals surface area contributed by atoms with Crippen LogP contribution in [0.2, 0.25) is 0 Å². The van der Waals surface area contributed by atoms with Crippen LogP contribution in [0.4, 0.5) is 5.82 Å². The van der Waals surface area contributed by atoms with Crippen molar-refractivity contribution in [2.75, 3.05) is 11.4 Å². The molecule has 3 aromatic rings. The summed E-state index contributed by atoms with van der Waals surface area (Å²) in [6.45, 7) is 3.41. The topological polar surface area (TPSA) is 102 Å². The van der Waals surface area contributed by atoms with Gasteiger partial charge in [0, 0.05) is 44.1 Å². The summed E-state index contributed by atoms with van der Waals surface area (Å²) in [5, 5.41) is 3.14. The lowest BCUT2D eigenvalue weighted by molar-refractivity contribution is -0.122. The molecule has 1 aromatic carbocycles. The van der Waals surface area contributed by atoms with E-state index in [0.717, 1.165) is 42.8 Å². The number of hydrogen-bond donors (Lipinski definition) is 2. The molecule has 2 atom stereocenters. The smallest absolute Gasteiger partial charge is 0.236 e. The molecule has 31 heavy (non-hydrogen) atoms. The minimum atomic E-state index is -0.0525. The first-order valence-electron chi connectivity index (χ1n) is 10.8. The molecule has 8 nitrogen and oxygen atoms in total. The van der Waals surface area contributed by atoms with Crippen LogP contribution in [0.25, 0.3) is 5.95 Å². The first-order valence-corrected chi connectivity index (χ1v) is 10.8.